The van der Waals surface area contributed by atoms with E-state index in [0.717, 1.165) is 99.7 Å². The summed E-state index contributed by atoms with van der Waals surface area (Å²) in [5.41, 5.74) is 10.9. The van der Waals surface area contributed by atoms with Crippen molar-refractivity contribution in [2.75, 3.05) is 27.3 Å². The first kappa shape index (κ1) is 54.0. The fourth-order valence-corrected chi connectivity index (χ4v) is 7.20. The second-order valence-electron chi connectivity index (χ2n) is 14.0. The van der Waals surface area contributed by atoms with Gasteiger partial charge in [0.2, 0.25) is 0 Å². The van der Waals surface area contributed by atoms with Crippen LogP contribution in [0.3, 0.4) is 0 Å². The molecule has 4 heterocycles. The minimum Gasteiger partial charge on any atom is -0.508 e. The molecule has 2 aromatic heterocycles. The van der Waals surface area contributed by atoms with E-state index in [4.69, 9.17) is 19.2 Å². The lowest BCUT2D eigenvalue weighted by atomic mass is 9.94. The van der Waals surface area contributed by atoms with Crippen molar-refractivity contribution in [2.45, 2.75) is 39.5 Å². The molecule has 0 bridgehead atoms. The van der Waals surface area contributed by atoms with E-state index >= 15 is 0 Å². The Balaban J connectivity index is 0.000000357. The minimum atomic E-state index is 0. The van der Waals surface area contributed by atoms with Gasteiger partial charge in [-0.2, -0.15) is 0 Å². The van der Waals surface area contributed by atoms with E-state index in [1.807, 2.05) is 98.2 Å². The summed E-state index contributed by atoms with van der Waals surface area (Å²) in [6.07, 6.45) is 15.5. The predicted molar refractivity (Wildman–Crippen MR) is 272 cm³/mol. The fraction of sp³-hybridized carbons (Fsp3) is 0.200. The van der Waals surface area contributed by atoms with Crippen LogP contribution in [0.15, 0.2) is 160 Å². The Morgan fingerprint density at radius 2 is 1.08 bits per heavy atom. The number of aromatic nitrogens is 2. The van der Waals surface area contributed by atoms with E-state index < -0.39 is 0 Å². The number of rotatable bonds is 8. The molecule has 2 aliphatic heterocycles. The Labute approximate surface area is 404 Å². The Morgan fingerprint density at radius 1 is 0.571 bits per heavy atom. The van der Waals surface area contributed by atoms with Crippen molar-refractivity contribution in [3.8, 4) is 28.7 Å². The van der Waals surface area contributed by atoms with Gasteiger partial charge in [-0.15, -0.1) is 49.6 Å². The van der Waals surface area contributed by atoms with Crippen molar-refractivity contribution in [1.82, 2.24) is 9.97 Å². The third kappa shape index (κ3) is 16.2. The van der Waals surface area contributed by atoms with Crippen LogP contribution in [0.4, 0.5) is 0 Å². The van der Waals surface area contributed by atoms with Gasteiger partial charge in [-0.3, -0.25) is 20.0 Å². The molecule has 332 valence electrons. The largest absolute Gasteiger partial charge is 0.508 e. The number of hydrogen-bond donors (Lipinski definition) is 1. The monoisotopic (exact) mass is 992 g/mol. The first-order valence-corrected chi connectivity index (χ1v) is 20.4. The van der Waals surface area contributed by atoms with Gasteiger partial charge in [0.1, 0.15) is 28.7 Å². The Morgan fingerprint density at radius 3 is 1.56 bits per heavy atom. The molecule has 0 radical (unpaired) electrons. The molecule has 0 fully saturated rings. The van der Waals surface area contributed by atoms with Gasteiger partial charge >= 0.3 is 0 Å². The van der Waals surface area contributed by atoms with E-state index in [2.05, 4.69) is 68.2 Å². The first-order chi connectivity index (χ1) is 28.8. The van der Waals surface area contributed by atoms with E-state index in [-0.39, 0.29) is 55.4 Å². The van der Waals surface area contributed by atoms with E-state index in [9.17, 15) is 5.11 Å². The summed E-state index contributed by atoms with van der Waals surface area (Å²) in [4.78, 5) is 17.9. The molecule has 1 N–H and O–H groups in total. The molecule has 63 heavy (non-hydrogen) atoms. The molecular formula is C50H53BrCl4N4O4. The van der Waals surface area contributed by atoms with Gasteiger partial charge in [-0.25, -0.2) is 0 Å². The van der Waals surface area contributed by atoms with Crippen LogP contribution in [-0.2, 0) is 0 Å². The average Bonchev–Trinajstić information content (AvgIpc) is 3.26. The third-order valence-electron chi connectivity index (χ3n) is 9.51. The van der Waals surface area contributed by atoms with Crippen LogP contribution in [0.2, 0.25) is 0 Å². The summed E-state index contributed by atoms with van der Waals surface area (Å²) in [7, 11) is 3.29. The number of aliphatic imine (C=N–C) groups is 2. The number of halogens is 5. The van der Waals surface area contributed by atoms with Gasteiger partial charge in [-0.1, -0.05) is 45.8 Å². The summed E-state index contributed by atoms with van der Waals surface area (Å²) in [6, 6.07) is 35.2. The molecule has 2 aliphatic rings. The van der Waals surface area contributed by atoms with Crippen LogP contribution in [-0.4, -0.2) is 53.8 Å². The number of phenolic OH excluding ortho intramolecular Hbond substituents is 1. The van der Waals surface area contributed by atoms with Crippen LogP contribution in [0.5, 0.6) is 28.7 Å². The van der Waals surface area contributed by atoms with Gasteiger partial charge in [0.25, 0.3) is 0 Å². The molecule has 0 amide bonds. The maximum Gasteiger partial charge on any atom is 0.131 e. The number of benzene rings is 4. The lowest BCUT2D eigenvalue weighted by Crippen LogP contribution is -2.12. The molecule has 0 unspecified atom stereocenters. The number of hydrogen-bond acceptors (Lipinski definition) is 8. The standard InChI is InChI=1S/C25H24N2O2.C18H18N2O2.C7H7Br.4ClH/c1-18-6-3-9-22(14-18)29-23-11-10-19(24(16-23)28-2)15-20-7-5-13-27-25(20)21-8-4-12-26-17-21;1-22-17-11-16(21)7-6-13(17)10-14-4-3-9-20-18(14)15-5-2-8-19-12-15;1-6-3-2-4-7(8)5-6;;;;/h3-4,6,8-12,14-17H,5,7,13H2,1-2H3;2,5-8,10-12,21H,3-4,9H2,1H3;2-5H,1H3;4*1H/b20-15+;14-10+;;;;;. The molecule has 0 saturated carbocycles. The zero-order valence-corrected chi connectivity index (χ0v) is 40.4. The second kappa shape index (κ2) is 27.8. The molecule has 4 aromatic carbocycles. The molecular weight excluding hydrogens is 942 g/mol. The lowest BCUT2D eigenvalue weighted by Gasteiger charge is -2.17. The van der Waals surface area contributed by atoms with Gasteiger partial charge in [0, 0.05) is 76.7 Å². The molecule has 0 aliphatic carbocycles. The maximum atomic E-state index is 9.57. The van der Waals surface area contributed by atoms with Gasteiger partial charge < -0.3 is 19.3 Å². The van der Waals surface area contributed by atoms with Crippen LogP contribution in [0.1, 0.15) is 59.1 Å². The zero-order valence-electron chi connectivity index (χ0n) is 35.6. The molecule has 8 nitrogen and oxygen atoms in total. The Kier molecular flexibility index (Phi) is 23.8. The smallest absolute Gasteiger partial charge is 0.131 e. The third-order valence-corrected chi connectivity index (χ3v) is 10.0. The molecule has 6 aromatic rings. The number of aryl methyl sites for hydroxylation is 2. The van der Waals surface area contributed by atoms with E-state index in [1.165, 1.54) is 16.7 Å². The summed E-state index contributed by atoms with van der Waals surface area (Å²) in [5.74, 6) is 3.20. The number of methoxy groups -OCH3 is 2. The number of nitrogens with zero attached hydrogens (tertiary/aromatic N) is 4. The highest BCUT2D eigenvalue weighted by molar-refractivity contribution is 9.10. The minimum absolute atomic E-state index is 0. The fourth-order valence-electron chi connectivity index (χ4n) is 6.69. The lowest BCUT2D eigenvalue weighted by molar-refractivity contribution is 0.406. The number of ether oxygens (including phenoxy) is 3. The topological polar surface area (TPSA) is 98.4 Å². The predicted octanol–water partition coefficient (Wildman–Crippen LogP) is 13.8. The zero-order chi connectivity index (χ0) is 41.4. The van der Waals surface area contributed by atoms with Gasteiger partial charge in [0.05, 0.1) is 25.6 Å². The van der Waals surface area contributed by atoms with Crippen LogP contribution >= 0.6 is 65.6 Å². The Bertz CT molecular complexity index is 2450. The van der Waals surface area contributed by atoms with Crippen molar-refractivity contribution in [1.29, 1.82) is 0 Å². The SMILES string of the molecule is COc1cc(O)ccc1/C=C1\CCCN=C1c1cccnc1.COc1cc(Oc2cccc(C)c2)ccc1/C=C1\CCCN=C1c1cccnc1.Cc1cccc(Br)c1.Cl.Cl.Cl.Cl. The normalized spacial score (nSPS) is 13.9. The number of allylic oxidation sites excluding steroid dienone is 2. The first-order valence-electron chi connectivity index (χ1n) is 19.6. The van der Waals surface area contributed by atoms with Crippen molar-refractivity contribution >= 4 is 89.1 Å². The highest BCUT2D eigenvalue weighted by Crippen LogP contribution is 2.32. The highest BCUT2D eigenvalue weighted by atomic mass is 79.9. The van der Waals surface area contributed by atoms with Gasteiger partial charge in [-0.05, 0) is 141 Å². The molecule has 0 saturated heterocycles. The van der Waals surface area contributed by atoms with E-state index in [1.54, 1.807) is 38.7 Å². The second-order valence-corrected chi connectivity index (χ2v) is 15.0. The number of aromatic hydroxyl groups is 1. The molecule has 13 heteroatoms. The van der Waals surface area contributed by atoms with Crippen molar-refractivity contribution in [2.24, 2.45) is 9.98 Å². The summed E-state index contributed by atoms with van der Waals surface area (Å²) in [5, 5.41) is 9.57. The van der Waals surface area contributed by atoms with Gasteiger partial charge in [0.15, 0.2) is 0 Å². The Hall–Kier alpha value is -5.16. The highest BCUT2D eigenvalue weighted by Gasteiger charge is 2.17. The molecule has 0 atom stereocenters. The van der Waals surface area contributed by atoms with Crippen LogP contribution in [0.25, 0.3) is 12.2 Å². The summed E-state index contributed by atoms with van der Waals surface area (Å²) < 4.78 is 18.2. The van der Waals surface area contributed by atoms with Crippen molar-refractivity contribution < 1.29 is 19.3 Å². The molecule has 8 rings (SSSR count). The number of phenols is 1. The summed E-state index contributed by atoms with van der Waals surface area (Å²) >= 11 is 3.36. The van der Waals surface area contributed by atoms with Crippen LogP contribution in [0, 0.1) is 13.8 Å². The van der Waals surface area contributed by atoms with Crippen molar-refractivity contribution in [3.05, 3.63) is 183 Å². The van der Waals surface area contributed by atoms with Crippen molar-refractivity contribution in [3.63, 3.8) is 0 Å². The number of pyridine rings is 2. The van der Waals surface area contributed by atoms with Crippen LogP contribution < -0.4 is 14.2 Å². The van der Waals surface area contributed by atoms with E-state index in [0.29, 0.717) is 5.75 Å². The average molecular weight is 996 g/mol. The maximum absolute atomic E-state index is 9.57. The quantitative estimate of drug-likeness (QED) is 0.163. The molecule has 0 spiro atoms. The summed E-state index contributed by atoms with van der Waals surface area (Å²) in [6.45, 7) is 5.81.